The molecule has 0 radical (unpaired) electrons. The van der Waals surface area contributed by atoms with E-state index in [4.69, 9.17) is 5.73 Å². The van der Waals surface area contributed by atoms with Gasteiger partial charge in [-0.05, 0) is 24.6 Å². The fourth-order valence-corrected chi connectivity index (χ4v) is 2.10. The first-order chi connectivity index (χ1) is 7.58. The SMILES string of the molecule is CC(c1ccc(N)cc1)N1CC(O)C(O)C1. The molecule has 1 heterocycles. The molecular formula is C12H18N2O2. The minimum absolute atomic E-state index is 0.187. The van der Waals surface area contributed by atoms with Gasteiger partial charge in [-0.2, -0.15) is 0 Å². The highest BCUT2D eigenvalue weighted by Crippen LogP contribution is 2.25. The lowest BCUT2D eigenvalue weighted by Crippen LogP contribution is -2.25. The highest BCUT2D eigenvalue weighted by Gasteiger charge is 2.32. The van der Waals surface area contributed by atoms with Crippen molar-refractivity contribution in [1.82, 2.24) is 4.90 Å². The Morgan fingerprint density at radius 3 is 2.19 bits per heavy atom. The van der Waals surface area contributed by atoms with Crippen molar-refractivity contribution in [2.45, 2.75) is 25.2 Å². The van der Waals surface area contributed by atoms with Crippen LogP contribution in [0, 0.1) is 0 Å². The maximum Gasteiger partial charge on any atom is 0.0938 e. The molecule has 1 saturated heterocycles. The molecule has 1 aromatic carbocycles. The predicted molar refractivity (Wildman–Crippen MR) is 62.9 cm³/mol. The molecule has 4 heteroatoms. The van der Waals surface area contributed by atoms with E-state index in [1.54, 1.807) is 0 Å². The molecular weight excluding hydrogens is 204 g/mol. The molecule has 0 aliphatic carbocycles. The quantitative estimate of drug-likeness (QED) is 0.632. The lowest BCUT2D eigenvalue weighted by Gasteiger charge is -2.24. The molecule has 3 unspecified atom stereocenters. The molecule has 2 rings (SSSR count). The number of hydrogen-bond acceptors (Lipinski definition) is 4. The normalized spacial score (nSPS) is 28.2. The number of hydrogen-bond donors (Lipinski definition) is 3. The van der Waals surface area contributed by atoms with Crippen molar-refractivity contribution < 1.29 is 10.2 Å². The number of aliphatic hydroxyl groups is 2. The monoisotopic (exact) mass is 222 g/mol. The Kier molecular flexibility index (Phi) is 3.14. The first kappa shape index (κ1) is 11.4. The van der Waals surface area contributed by atoms with Crippen LogP contribution in [-0.4, -0.2) is 40.4 Å². The summed E-state index contributed by atoms with van der Waals surface area (Å²) in [5, 5.41) is 19.0. The largest absolute Gasteiger partial charge is 0.399 e. The van der Waals surface area contributed by atoms with Gasteiger partial charge in [0.05, 0.1) is 12.2 Å². The standard InChI is InChI=1S/C12H18N2O2/c1-8(9-2-4-10(13)5-3-9)14-6-11(15)12(16)7-14/h2-5,8,11-12,15-16H,6-7,13H2,1H3. The summed E-state index contributed by atoms with van der Waals surface area (Å²) in [6, 6.07) is 7.89. The minimum atomic E-state index is -0.628. The van der Waals surface area contributed by atoms with Crippen LogP contribution in [0.25, 0.3) is 0 Å². The molecule has 0 aromatic heterocycles. The summed E-state index contributed by atoms with van der Waals surface area (Å²) < 4.78 is 0. The zero-order valence-electron chi connectivity index (χ0n) is 9.37. The second kappa shape index (κ2) is 4.41. The summed E-state index contributed by atoms with van der Waals surface area (Å²) in [6.45, 7) is 3.11. The van der Waals surface area contributed by atoms with E-state index in [9.17, 15) is 10.2 Å². The van der Waals surface area contributed by atoms with Gasteiger partial charge in [0.2, 0.25) is 0 Å². The topological polar surface area (TPSA) is 69.7 Å². The van der Waals surface area contributed by atoms with Crippen molar-refractivity contribution in [3.8, 4) is 0 Å². The van der Waals surface area contributed by atoms with E-state index in [0.29, 0.717) is 13.1 Å². The first-order valence-electron chi connectivity index (χ1n) is 5.53. The van der Waals surface area contributed by atoms with Gasteiger partial charge in [-0.3, -0.25) is 4.90 Å². The number of anilines is 1. The Morgan fingerprint density at radius 1 is 1.19 bits per heavy atom. The summed E-state index contributed by atoms with van der Waals surface area (Å²) in [6.07, 6.45) is -1.26. The molecule has 0 amide bonds. The van der Waals surface area contributed by atoms with Crippen LogP contribution < -0.4 is 5.73 Å². The maximum absolute atomic E-state index is 9.50. The van der Waals surface area contributed by atoms with Gasteiger partial charge in [0.15, 0.2) is 0 Å². The van der Waals surface area contributed by atoms with Gasteiger partial charge in [0.1, 0.15) is 0 Å². The lowest BCUT2D eigenvalue weighted by molar-refractivity contribution is 0.0572. The molecule has 1 aliphatic rings. The third-order valence-electron chi connectivity index (χ3n) is 3.25. The van der Waals surface area contributed by atoms with Crippen LogP contribution in [0.3, 0.4) is 0 Å². The van der Waals surface area contributed by atoms with E-state index < -0.39 is 12.2 Å². The summed E-state index contributed by atoms with van der Waals surface area (Å²) in [5.41, 5.74) is 7.53. The Balaban J connectivity index is 2.08. The number of rotatable bonds is 2. The van der Waals surface area contributed by atoms with Crippen LogP contribution in [0.15, 0.2) is 24.3 Å². The summed E-state index contributed by atoms with van der Waals surface area (Å²) in [5.74, 6) is 0. The van der Waals surface area contributed by atoms with Gasteiger partial charge in [-0.1, -0.05) is 12.1 Å². The number of β-amino-alcohol motifs (C(OH)–C–C–N with tert-alkyl or cyclic N) is 2. The van der Waals surface area contributed by atoms with E-state index >= 15 is 0 Å². The Labute approximate surface area is 95.3 Å². The van der Waals surface area contributed by atoms with E-state index in [0.717, 1.165) is 11.3 Å². The number of nitrogens with zero attached hydrogens (tertiary/aromatic N) is 1. The van der Waals surface area contributed by atoms with Crippen LogP contribution in [0.4, 0.5) is 5.69 Å². The molecule has 88 valence electrons. The smallest absolute Gasteiger partial charge is 0.0938 e. The molecule has 0 bridgehead atoms. The fourth-order valence-electron chi connectivity index (χ4n) is 2.10. The van der Waals surface area contributed by atoms with Crippen molar-refractivity contribution in [2.75, 3.05) is 18.8 Å². The maximum atomic E-state index is 9.50. The zero-order chi connectivity index (χ0) is 11.7. The average Bonchev–Trinajstić information content (AvgIpc) is 2.59. The molecule has 0 saturated carbocycles. The average molecular weight is 222 g/mol. The molecule has 1 aliphatic heterocycles. The van der Waals surface area contributed by atoms with Crippen molar-refractivity contribution >= 4 is 5.69 Å². The number of nitrogens with two attached hydrogens (primary N) is 1. The Hall–Kier alpha value is -1.10. The highest BCUT2D eigenvalue weighted by atomic mass is 16.3. The van der Waals surface area contributed by atoms with Crippen LogP contribution in [0.2, 0.25) is 0 Å². The summed E-state index contributed by atoms with van der Waals surface area (Å²) in [4.78, 5) is 2.07. The molecule has 4 N–H and O–H groups in total. The molecule has 4 nitrogen and oxygen atoms in total. The van der Waals surface area contributed by atoms with Gasteiger partial charge >= 0.3 is 0 Å². The number of nitrogen functional groups attached to an aromatic ring is 1. The van der Waals surface area contributed by atoms with E-state index in [1.807, 2.05) is 24.3 Å². The van der Waals surface area contributed by atoms with Gasteiger partial charge in [0.25, 0.3) is 0 Å². The predicted octanol–water partition coefficient (Wildman–Crippen LogP) is 0.367. The number of aliphatic hydroxyl groups excluding tert-OH is 2. The Morgan fingerprint density at radius 2 is 1.69 bits per heavy atom. The van der Waals surface area contributed by atoms with Gasteiger partial charge in [-0.25, -0.2) is 0 Å². The molecule has 16 heavy (non-hydrogen) atoms. The van der Waals surface area contributed by atoms with Gasteiger partial charge in [0, 0.05) is 24.8 Å². The fraction of sp³-hybridized carbons (Fsp3) is 0.500. The van der Waals surface area contributed by atoms with Crippen molar-refractivity contribution in [3.63, 3.8) is 0 Å². The van der Waals surface area contributed by atoms with E-state index in [1.165, 1.54) is 0 Å². The minimum Gasteiger partial charge on any atom is -0.399 e. The Bertz CT molecular complexity index is 343. The third-order valence-corrected chi connectivity index (χ3v) is 3.25. The second-order valence-corrected chi connectivity index (χ2v) is 4.43. The highest BCUT2D eigenvalue weighted by molar-refractivity contribution is 5.40. The van der Waals surface area contributed by atoms with E-state index in [-0.39, 0.29) is 6.04 Å². The molecule has 3 atom stereocenters. The number of likely N-dealkylation sites (tertiary alicyclic amines) is 1. The van der Waals surface area contributed by atoms with Crippen molar-refractivity contribution in [3.05, 3.63) is 29.8 Å². The van der Waals surface area contributed by atoms with Crippen LogP contribution in [-0.2, 0) is 0 Å². The van der Waals surface area contributed by atoms with Crippen molar-refractivity contribution in [1.29, 1.82) is 0 Å². The number of benzene rings is 1. The summed E-state index contributed by atoms with van der Waals surface area (Å²) in [7, 11) is 0. The van der Waals surface area contributed by atoms with Crippen LogP contribution in [0.1, 0.15) is 18.5 Å². The zero-order valence-corrected chi connectivity index (χ0v) is 9.37. The molecule has 1 aromatic rings. The second-order valence-electron chi connectivity index (χ2n) is 4.43. The van der Waals surface area contributed by atoms with Gasteiger partial charge < -0.3 is 15.9 Å². The molecule has 0 spiro atoms. The summed E-state index contributed by atoms with van der Waals surface area (Å²) >= 11 is 0. The van der Waals surface area contributed by atoms with E-state index in [2.05, 4.69) is 11.8 Å². The van der Waals surface area contributed by atoms with Crippen LogP contribution in [0.5, 0.6) is 0 Å². The molecule has 1 fully saturated rings. The third kappa shape index (κ3) is 2.19. The van der Waals surface area contributed by atoms with Gasteiger partial charge in [-0.15, -0.1) is 0 Å². The first-order valence-corrected chi connectivity index (χ1v) is 5.53. The lowest BCUT2D eigenvalue weighted by atomic mass is 10.1. The van der Waals surface area contributed by atoms with Crippen LogP contribution >= 0.6 is 0 Å². The van der Waals surface area contributed by atoms with Crippen molar-refractivity contribution in [2.24, 2.45) is 0 Å².